The number of urea groups is 1. The lowest BCUT2D eigenvalue weighted by molar-refractivity contribution is -0.118. The van der Waals surface area contributed by atoms with Crippen molar-refractivity contribution in [3.05, 3.63) is 12.2 Å². The van der Waals surface area contributed by atoms with Crippen LogP contribution in [0, 0.1) is 5.92 Å². The fourth-order valence-electron chi connectivity index (χ4n) is 1.96. The number of carbonyl (C=O) groups excluding carboxylic acids is 2. The van der Waals surface area contributed by atoms with E-state index in [0.29, 0.717) is 12.5 Å². The highest BCUT2D eigenvalue weighted by Crippen LogP contribution is 2.19. The molecule has 1 fully saturated rings. The fourth-order valence-corrected chi connectivity index (χ4v) is 1.96. The fraction of sp³-hybridized carbons (Fsp3) is 0.600. The van der Waals surface area contributed by atoms with Gasteiger partial charge >= 0.3 is 6.03 Å². The first-order valence-electron chi connectivity index (χ1n) is 4.99. The van der Waals surface area contributed by atoms with Gasteiger partial charge in [0.05, 0.1) is 0 Å². The van der Waals surface area contributed by atoms with E-state index in [1.165, 1.54) is 0 Å². The minimum Gasteiger partial charge on any atom is -0.315 e. The second-order valence-electron chi connectivity index (χ2n) is 3.88. The van der Waals surface area contributed by atoms with Crippen LogP contribution in [0.25, 0.3) is 0 Å². The third-order valence-corrected chi connectivity index (χ3v) is 2.72. The number of amides is 3. The van der Waals surface area contributed by atoms with Gasteiger partial charge < -0.3 is 4.90 Å². The average Bonchev–Trinajstić information content (AvgIpc) is 2.47. The molecule has 1 aliphatic heterocycles. The Morgan fingerprint density at radius 1 is 1.43 bits per heavy atom. The third-order valence-electron chi connectivity index (χ3n) is 2.72. The molecule has 0 spiro atoms. The van der Waals surface area contributed by atoms with Crippen molar-refractivity contribution in [3.8, 4) is 0 Å². The largest absolute Gasteiger partial charge is 0.324 e. The molecule has 1 atom stereocenters. The van der Waals surface area contributed by atoms with E-state index in [-0.39, 0.29) is 18.5 Å². The molecule has 4 heteroatoms. The molecular weight excluding hydrogens is 180 g/mol. The summed E-state index contributed by atoms with van der Waals surface area (Å²) in [6, 6.07) is -0.232. The third kappa shape index (κ3) is 1.95. The maximum Gasteiger partial charge on any atom is 0.324 e. The van der Waals surface area contributed by atoms with E-state index >= 15 is 0 Å². The molecule has 3 amide bonds. The molecule has 2 rings (SSSR count). The lowest BCUT2D eigenvalue weighted by Gasteiger charge is -2.22. The Morgan fingerprint density at radius 3 is 2.86 bits per heavy atom. The Balaban J connectivity index is 1.88. The molecule has 0 aromatic heterocycles. The Labute approximate surface area is 83.0 Å². The normalized spacial score (nSPS) is 26.9. The van der Waals surface area contributed by atoms with E-state index in [0.717, 1.165) is 19.3 Å². The van der Waals surface area contributed by atoms with E-state index in [2.05, 4.69) is 17.5 Å². The molecular formula is C10H14N2O2. The van der Waals surface area contributed by atoms with Crippen LogP contribution in [0.2, 0.25) is 0 Å². The van der Waals surface area contributed by atoms with E-state index in [4.69, 9.17) is 0 Å². The molecule has 0 bridgehead atoms. The molecule has 1 N–H and O–H groups in total. The molecule has 1 saturated heterocycles. The van der Waals surface area contributed by atoms with Gasteiger partial charge in [0.15, 0.2) is 0 Å². The number of nitrogens with one attached hydrogen (secondary N) is 1. The molecule has 0 aromatic rings. The standard InChI is InChI=1S/C10H14N2O2/c13-9-7-12(10(14)11-9)6-8-4-2-1-3-5-8/h1-2,8H,3-7H2,(H,11,13,14). The summed E-state index contributed by atoms with van der Waals surface area (Å²) in [6.07, 6.45) is 7.57. The van der Waals surface area contributed by atoms with Gasteiger partial charge in [0.1, 0.15) is 6.54 Å². The van der Waals surface area contributed by atoms with Crippen LogP contribution in [0.5, 0.6) is 0 Å². The van der Waals surface area contributed by atoms with Crippen LogP contribution in [-0.2, 0) is 4.79 Å². The van der Waals surface area contributed by atoms with Crippen LogP contribution < -0.4 is 5.32 Å². The highest BCUT2D eigenvalue weighted by atomic mass is 16.2. The van der Waals surface area contributed by atoms with Crippen molar-refractivity contribution >= 4 is 11.9 Å². The second-order valence-corrected chi connectivity index (χ2v) is 3.88. The number of rotatable bonds is 2. The van der Waals surface area contributed by atoms with Crippen molar-refractivity contribution in [1.29, 1.82) is 0 Å². The zero-order valence-corrected chi connectivity index (χ0v) is 8.03. The maximum absolute atomic E-state index is 11.2. The SMILES string of the molecule is O=C1CN(CC2CC=CCC2)C(=O)N1. The van der Waals surface area contributed by atoms with Crippen molar-refractivity contribution in [3.63, 3.8) is 0 Å². The summed E-state index contributed by atoms with van der Waals surface area (Å²) in [5.74, 6) is 0.345. The number of allylic oxidation sites excluding steroid dienone is 2. The van der Waals surface area contributed by atoms with Gasteiger partial charge in [-0.25, -0.2) is 4.79 Å². The van der Waals surface area contributed by atoms with Crippen molar-refractivity contribution in [1.82, 2.24) is 10.2 Å². The summed E-state index contributed by atoms with van der Waals surface area (Å²) in [5, 5.41) is 2.29. The maximum atomic E-state index is 11.2. The van der Waals surface area contributed by atoms with Gasteiger partial charge in [-0.1, -0.05) is 12.2 Å². The minimum absolute atomic E-state index is 0.179. The predicted octanol–water partition coefficient (Wildman–Crippen LogP) is 0.895. The van der Waals surface area contributed by atoms with Gasteiger partial charge in [0.25, 0.3) is 0 Å². The predicted molar refractivity (Wildman–Crippen MR) is 51.6 cm³/mol. The van der Waals surface area contributed by atoms with Crippen molar-refractivity contribution in [2.45, 2.75) is 19.3 Å². The van der Waals surface area contributed by atoms with Crippen LogP contribution in [0.1, 0.15) is 19.3 Å². The van der Waals surface area contributed by atoms with Crippen molar-refractivity contribution in [2.75, 3.05) is 13.1 Å². The van der Waals surface area contributed by atoms with Gasteiger partial charge in [-0.3, -0.25) is 10.1 Å². The van der Waals surface area contributed by atoms with Crippen LogP contribution in [0.15, 0.2) is 12.2 Å². The highest BCUT2D eigenvalue weighted by molar-refractivity contribution is 6.01. The van der Waals surface area contributed by atoms with Gasteiger partial charge in [0.2, 0.25) is 5.91 Å². The molecule has 14 heavy (non-hydrogen) atoms. The lowest BCUT2D eigenvalue weighted by atomic mass is 9.94. The smallest absolute Gasteiger partial charge is 0.315 e. The van der Waals surface area contributed by atoms with E-state index in [1.807, 2.05) is 0 Å². The topological polar surface area (TPSA) is 49.4 Å². The highest BCUT2D eigenvalue weighted by Gasteiger charge is 2.28. The summed E-state index contributed by atoms with van der Waals surface area (Å²) in [4.78, 5) is 23.8. The molecule has 2 aliphatic rings. The van der Waals surface area contributed by atoms with Crippen molar-refractivity contribution < 1.29 is 9.59 Å². The van der Waals surface area contributed by atoms with Gasteiger partial charge in [-0.2, -0.15) is 0 Å². The zero-order valence-electron chi connectivity index (χ0n) is 8.03. The van der Waals surface area contributed by atoms with Crippen LogP contribution >= 0.6 is 0 Å². The first kappa shape index (κ1) is 9.24. The molecule has 1 heterocycles. The number of hydrogen-bond acceptors (Lipinski definition) is 2. The monoisotopic (exact) mass is 194 g/mol. The Bertz CT molecular complexity index is 286. The number of imide groups is 1. The van der Waals surface area contributed by atoms with Gasteiger partial charge in [0, 0.05) is 6.54 Å². The summed E-state index contributed by atoms with van der Waals surface area (Å²) in [5.41, 5.74) is 0. The number of nitrogens with zero attached hydrogens (tertiary/aromatic N) is 1. The number of carbonyl (C=O) groups is 2. The Hall–Kier alpha value is -1.32. The lowest BCUT2D eigenvalue weighted by Crippen LogP contribution is -2.33. The van der Waals surface area contributed by atoms with Crippen LogP contribution in [-0.4, -0.2) is 29.9 Å². The number of hydrogen-bond donors (Lipinski definition) is 1. The molecule has 1 unspecified atom stereocenters. The first-order valence-corrected chi connectivity index (χ1v) is 4.99. The molecule has 0 radical (unpaired) electrons. The summed E-state index contributed by atoms with van der Waals surface area (Å²) in [6.45, 7) is 0.945. The van der Waals surface area contributed by atoms with E-state index in [1.54, 1.807) is 4.90 Å². The Morgan fingerprint density at radius 2 is 2.29 bits per heavy atom. The molecule has 1 aliphatic carbocycles. The van der Waals surface area contributed by atoms with Crippen molar-refractivity contribution in [2.24, 2.45) is 5.92 Å². The average molecular weight is 194 g/mol. The zero-order chi connectivity index (χ0) is 9.97. The molecule has 0 saturated carbocycles. The van der Waals surface area contributed by atoms with Gasteiger partial charge in [-0.05, 0) is 25.2 Å². The second kappa shape index (κ2) is 3.82. The minimum atomic E-state index is -0.232. The first-order chi connectivity index (χ1) is 6.75. The van der Waals surface area contributed by atoms with Crippen LogP contribution in [0.3, 0.4) is 0 Å². The summed E-state index contributed by atoms with van der Waals surface area (Å²) >= 11 is 0. The summed E-state index contributed by atoms with van der Waals surface area (Å²) < 4.78 is 0. The summed E-state index contributed by atoms with van der Waals surface area (Å²) in [7, 11) is 0. The van der Waals surface area contributed by atoms with Gasteiger partial charge in [-0.15, -0.1) is 0 Å². The Kier molecular flexibility index (Phi) is 2.52. The molecule has 4 nitrogen and oxygen atoms in total. The van der Waals surface area contributed by atoms with E-state index < -0.39 is 0 Å². The molecule has 76 valence electrons. The quantitative estimate of drug-likeness (QED) is 0.524. The molecule has 0 aromatic carbocycles. The van der Waals surface area contributed by atoms with E-state index in [9.17, 15) is 9.59 Å². The van der Waals surface area contributed by atoms with Crippen LogP contribution in [0.4, 0.5) is 4.79 Å².